The van der Waals surface area contributed by atoms with Crippen molar-refractivity contribution >= 4 is 17.8 Å². The Hall–Kier alpha value is -2.55. The van der Waals surface area contributed by atoms with E-state index < -0.39 is 23.8 Å². The lowest BCUT2D eigenvalue weighted by Crippen LogP contribution is -2.47. The number of alkyl halides is 2. The number of rotatable bonds is 9. The predicted molar refractivity (Wildman–Crippen MR) is 126 cm³/mol. The third kappa shape index (κ3) is 6.18. The lowest BCUT2D eigenvalue weighted by Gasteiger charge is -2.38. The smallest absolute Gasteiger partial charge is 0.303 e. The number of carboxylic acid groups (broad SMARTS) is 1. The van der Waals surface area contributed by atoms with Gasteiger partial charge < -0.3 is 21.1 Å². The molecule has 3 atom stereocenters. The van der Waals surface area contributed by atoms with Gasteiger partial charge in [0.1, 0.15) is 6.04 Å². The molecule has 2 aliphatic carbocycles. The first-order chi connectivity index (χ1) is 16.6. The Morgan fingerprint density at radius 3 is 2.57 bits per heavy atom. The highest BCUT2D eigenvalue weighted by atomic mass is 19.3. The van der Waals surface area contributed by atoms with Gasteiger partial charge in [-0.15, -0.1) is 0 Å². The van der Waals surface area contributed by atoms with Crippen LogP contribution in [0.3, 0.4) is 0 Å². The number of hydrogen-bond donors (Lipinski definition) is 3. The highest BCUT2D eigenvalue weighted by Gasteiger charge is 2.38. The predicted octanol–water partition coefficient (Wildman–Crippen LogP) is 3.63. The van der Waals surface area contributed by atoms with E-state index >= 15 is 0 Å². The van der Waals surface area contributed by atoms with Crippen LogP contribution in [0.2, 0.25) is 0 Å². The summed E-state index contributed by atoms with van der Waals surface area (Å²) in [5, 5.41) is 12.7. The number of benzene rings is 1. The topological polar surface area (TPSA) is 113 Å². The van der Waals surface area contributed by atoms with Crippen molar-refractivity contribution in [3.8, 4) is 0 Å². The summed E-state index contributed by atoms with van der Waals surface area (Å²) >= 11 is 0. The van der Waals surface area contributed by atoms with Crippen LogP contribution in [0.25, 0.3) is 0 Å². The number of halogens is 2. The van der Waals surface area contributed by atoms with Gasteiger partial charge in [0.25, 0.3) is 5.91 Å². The van der Waals surface area contributed by atoms with Gasteiger partial charge in [0.15, 0.2) is 0 Å². The van der Waals surface area contributed by atoms with Crippen LogP contribution in [-0.4, -0.2) is 51.8 Å². The fourth-order valence-corrected chi connectivity index (χ4v) is 5.97. The number of amides is 2. The summed E-state index contributed by atoms with van der Waals surface area (Å²) < 4.78 is 27.1. The summed E-state index contributed by atoms with van der Waals surface area (Å²) in [4.78, 5) is 37.2. The number of nitrogens with zero attached hydrogens (tertiary/aromatic N) is 1. The maximum Gasteiger partial charge on any atom is 0.303 e. The zero-order chi connectivity index (χ0) is 25.2. The Morgan fingerprint density at radius 2 is 1.89 bits per heavy atom. The monoisotopic (exact) mass is 491 g/mol. The average Bonchev–Trinajstić information content (AvgIpc) is 3.11. The van der Waals surface area contributed by atoms with Crippen molar-refractivity contribution in [1.29, 1.82) is 0 Å². The highest BCUT2D eigenvalue weighted by Crippen LogP contribution is 2.35. The fraction of sp³-hybridized carbons (Fsp3) is 0.654. The van der Waals surface area contributed by atoms with E-state index in [9.17, 15) is 23.2 Å². The van der Waals surface area contributed by atoms with Gasteiger partial charge in [-0.3, -0.25) is 14.4 Å². The quantitative estimate of drug-likeness (QED) is 0.488. The van der Waals surface area contributed by atoms with Crippen molar-refractivity contribution in [2.75, 3.05) is 0 Å². The van der Waals surface area contributed by atoms with Gasteiger partial charge in [0.2, 0.25) is 11.8 Å². The molecule has 0 aromatic heterocycles. The molecule has 3 aliphatic rings. The molecule has 0 saturated heterocycles. The average molecular weight is 492 g/mol. The van der Waals surface area contributed by atoms with E-state index in [0.717, 1.165) is 43.2 Å². The first kappa shape index (κ1) is 25.5. The van der Waals surface area contributed by atoms with Crippen LogP contribution in [0.5, 0.6) is 0 Å². The number of nitrogens with one attached hydrogen (secondary N) is 1. The van der Waals surface area contributed by atoms with Gasteiger partial charge in [-0.05, 0) is 61.6 Å². The van der Waals surface area contributed by atoms with Crippen LogP contribution < -0.4 is 11.1 Å². The molecule has 1 heterocycles. The Kier molecular flexibility index (Phi) is 7.73. The van der Waals surface area contributed by atoms with Crippen LogP contribution in [0.15, 0.2) is 18.2 Å². The molecule has 1 aliphatic heterocycles. The number of aliphatic carboxylic acids is 1. The molecule has 35 heavy (non-hydrogen) atoms. The third-order valence-corrected chi connectivity index (χ3v) is 7.91. The number of hydrogen-bond acceptors (Lipinski definition) is 4. The van der Waals surface area contributed by atoms with Gasteiger partial charge in [-0.25, -0.2) is 8.78 Å². The van der Waals surface area contributed by atoms with Crippen molar-refractivity contribution in [2.45, 2.75) is 101 Å². The van der Waals surface area contributed by atoms with Gasteiger partial charge in [-0.1, -0.05) is 25.0 Å². The van der Waals surface area contributed by atoms with Gasteiger partial charge in [0.05, 0.1) is 0 Å². The maximum absolute atomic E-state index is 13.6. The summed E-state index contributed by atoms with van der Waals surface area (Å²) in [5.74, 6) is -4.18. The molecular formula is C26H35F2N3O4. The minimum absolute atomic E-state index is 0.0141. The fourth-order valence-electron chi connectivity index (χ4n) is 5.97. The molecule has 1 aromatic rings. The van der Waals surface area contributed by atoms with E-state index in [0.29, 0.717) is 30.4 Å². The highest BCUT2D eigenvalue weighted by molar-refractivity contribution is 6.01. The third-order valence-electron chi connectivity index (χ3n) is 7.91. The van der Waals surface area contributed by atoms with Crippen LogP contribution in [0.1, 0.15) is 85.7 Å². The second kappa shape index (κ2) is 10.6. The van der Waals surface area contributed by atoms with Crippen molar-refractivity contribution in [2.24, 2.45) is 11.7 Å². The molecule has 2 saturated carbocycles. The molecule has 192 valence electrons. The summed E-state index contributed by atoms with van der Waals surface area (Å²) in [6.07, 6.45) is 5.90. The number of carboxylic acids is 1. The lowest BCUT2D eigenvalue weighted by atomic mass is 9.79. The summed E-state index contributed by atoms with van der Waals surface area (Å²) in [6, 6.07) is 5.23. The van der Waals surface area contributed by atoms with Gasteiger partial charge >= 0.3 is 5.97 Å². The zero-order valence-electron chi connectivity index (χ0n) is 20.0. The standard InChI is InChI=1S/C26H35F2N3O4/c27-26(28)11-9-19(10-12-26)30-21-4-2-1-3-17(21)13-16-5-6-20-18(14-16)15-31(25(20)35)22(24(29)34)7-8-23(32)33/h5-6,14,17,19,21-22,30H,1-4,7-13,15H2,(H2,29,34)(H,32,33)/t17-,21+,22?/m1/s1. The first-order valence-electron chi connectivity index (χ1n) is 12.7. The number of carbonyl (C=O) groups excluding carboxylic acids is 2. The first-order valence-corrected chi connectivity index (χ1v) is 12.7. The summed E-state index contributed by atoms with van der Waals surface area (Å²) in [7, 11) is 0. The molecule has 9 heteroatoms. The summed E-state index contributed by atoms with van der Waals surface area (Å²) in [6.45, 7) is 0.234. The number of fused-ring (bicyclic) bond motifs is 1. The van der Waals surface area contributed by atoms with Crippen LogP contribution in [0, 0.1) is 5.92 Å². The molecule has 4 N–H and O–H groups in total. The largest absolute Gasteiger partial charge is 0.481 e. The SMILES string of the molecule is NC(=O)C(CCC(=O)O)N1Cc2cc(C[C@H]3CCCC[C@@H]3NC3CCC(F)(F)CC3)ccc2C1=O. The van der Waals surface area contributed by atoms with E-state index in [1.54, 1.807) is 6.07 Å². The second-order valence-corrected chi connectivity index (χ2v) is 10.4. The molecule has 4 rings (SSSR count). The zero-order valence-corrected chi connectivity index (χ0v) is 20.0. The Balaban J connectivity index is 1.41. The Morgan fingerprint density at radius 1 is 1.17 bits per heavy atom. The van der Waals surface area contributed by atoms with E-state index in [1.807, 2.05) is 12.1 Å². The van der Waals surface area contributed by atoms with Crippen LogP contribution in [-0.2, 0) is 22.6 Å². The Bertz CT molecular complexity index is 960. The van der Waals surface area contributed by atoms with E-state index in [2.05, 4.69) is 5.32 Å². The molecule has 7 nitrogen and oxygen atoms in total. The number of nitrogens with two attached hydrogens (primary N) is 1. The minimum atomic E-state index is -2.53. The molecular weight excluding hydrogens is 456 g/mol. The molecule has 2 fully saturated rings. The molecule has 0 bridgehead atoms. The number of carbonyl (C=O) groups is 3. The second-order valence-electron chi connectivity index (χ2n) is 10.4. The van der Waals surface area contributed by atoms with E-state index in [1.165, 1.54) is 4.90 Å². The Labute approximate surface area is 204 Å². The van der Waals surface area contributed by atoms with Crippen LogP contribution >= 0.6 is 0 Å². The minimum Gasteiger partial charge on any atom is -0.481 e. The van der Waals surface area contributed by atoms with Gasteiger partial charge in [-0.2, -0.15) is 0 Å². The number of primary amides is 1. The molecule has 1 aromatic carbocycles. The van der Waals surface area contributed by atoms with Crippen molar-refractivity contribution in [3.63, 3.8) is 0 Å². The van der Waals surface area contributed by atoms with Crippen molar-refractivity contribution in [3.05, 3.63) is 34.9 Å². The van der Waals surface area contributed by atoms with E-state index in [-0.39, 0.29) is 44.2 Å². The van der Waals surface area contributed by atoms with Crippen molar-refractivity contribution < 1.29 is 28.3 Å². The van der Waals surface area contributed by atoms with Gasteiger partial charge in [0, 0.05) is 43.5 Å². The normalized spacial score (nSPS) is 25.3. The maximum atomic E-state index is 13.6. The van der Waals surface area contributed by atoms with E-state index in [4.69, 9.17) is 10.8 Å². The molecule has 1 unspecified atom stereocenters. The lowest BCUT2D eigenvalue weighted by molar-refractivity contribution is -0.137. The molecule has 0 radical (unpaired) electrons. The molecule has 2 amide bonds. The van der Waals surface area contributed by atoms with Crippen molar-refractivity contribution in [1.82, 2.24) is 10.2 Å². The molecule has 0 spiro atoms. The van der Waals surface area contributed by atoms with Crippen LogP contribution in [0.4, 0.5) is 8.78 Å². The summed E-state index contributed by atoms with van der Waals surface area (Å²) in [5.41, 5.74) is 7.94.